The van der Waals surface area contributed by atoms with Crippen molar-refractivity contribution in [2.24, 2.45) is 0 Å². The molecule has 1 aliphatic heterocycles. The summed E-state index contributed by atoms with van der Waals surface area (Å²) < 4.78 is 0. The number of likely N-dealkylation sites (tertiary alicyclic amines) is 1. The maximum absolute atomic E-state index is 11.2. The molecule has 0 radical (unpaired) electrons. The number of carbonyl (C=O) groups excluding carboxylic acids is 1. The summed E-state index contributed by atoms with van der Waals surface area (Å²) in [7, 11) is 0. The number of nitrogens with one attached hydrogen (secondary N) is 1. The van der Waals surface area contributed by atoms with E-state index in [0.717, 1.165) is 31.6 Å². The van der Waals surface area contributed by atoms with E-state index in [0.29, 0.717) is 0 Å². The molecule has 2 rings (SSSR count). The highest BCUT2D eigenvalue weighted by Crippen LogP contribution is 2.26. The monoisotopic (exact) mass is 237 g/mol. The highest BCUT2D eigenvalue weighted by Gasteiger charge is 2.24. The fourth-order valence-corrected chi connectivity index (χ4v) is 2.16. The molecule has 0 aromatic carbocycles. The molecule has 0 saturated carbocycles. The third kappa shape index (κ3) is 2.46. The number of carbonyl (C=O) groups is 2. The summed E-state index contributed by atoms with van der Waals surface area (Å²) in [6.45, 7) is 3.02. The number of aromatic carboxylic acids is 1. The van der Waals surface area contributed by atoms with Gasteiger partial charge in [0.1, 0.15) is 0 Å². The van der Waals surface area contributed by atoms with Crippen molar-refractivity contribution < 1.29 is 14.7 Å². The molecule has 17 heavy (non-hydrogen) atoms. The summed E-state index contributed by atoms with van der Waals surface area (Å²) in [5, 5.41) is 15.3. The van der Waals surface area contributed by atoms with Crippen LogP contribution in [0.1, 0.15) is 41.9 Å². The first-order valence-electron chi connectivity index (χ1n) is 5.62. The van der Waals surface area contributed by atoms with Crippen LogP contribution < -0.4 is 0 Å². The zero-order valence-corrected chi connectivity index (χ0v) is 9.64. The third-order valence-electron chi connectivity index (χ3n) is 3.20. The van der Waals surface area contributed by atoms with Crippen molar-refractivity contribution in [2.45, 2.75) is 25.7 Å². The van der Waals surface area contributed by atoms with Gasteiger partial charge in [0, 0.05) is 31.6 Å². The SMILES string of the molecule is CC(=O)N1CCC(c2cc(C(=O)O)n[nH]2)CC1. The first kappa shape index (κ1) is 11.6. The van der Waals surface area contributed by atoms with E-state index < -0.39 is 5.97 Å². The molecule has 2 N–H and O–H groups in total. The molecule has 0 atom stereocenters. The zero-order chi connectivity index (χ0) is 12.4. The Morgan fingerprint density at radius 3 is 2.59 bits per heavy atom. The van der Waals surface area contributed by atoms with Gasteiger partial charge in [0.15, 0.2) is 5.69 Å². The number of rotatable bonds is 2. The second kappa shape index (κ2) is 4.57. The van der Waals surface area contributed by atoms with Gasteiger partial charge in [0.05, 0.1) is 0 Å². The Labute approximate surface area is 98.6 Å². The van der Waals surface area contributed by atoms with E-state index >= 15 is 0 Å². The van der Waals surface area contributed by atoms with Gasteiger partial charge >= 0.3 is 5.97 Å². The van der Waals surface area contributed by atoms with E-state index in [1.54, 1.807) is 13.0 Å². The molecule has 6 nitrogen and oxygen atoms in total. The van der Waals surface area contributed by atoms with E-state index in [2.05, 4.69) is 10.2 Å². The molecule has 1 saturated heterocycles. The predicted octanol–water partition coefficient (Wildman–Crippen LogP) is 0.834. The average molecular weight is 237 g/mol. The number of aromatic amines is 1. The van der Waals surface area contributed by atoms with Gasteiger partial charge in [-0.15, -0.1) is 0 Å². The zero-order valence-electron chi connectivity index (χ0n) is 9.64. The number of piperidine rings is 1. The number of carboxylic acids is 1. The van der Waals surface area contributed by atoms with Crippen LogP contribution in [0, 0.1) is 0 Å². The fraction of sp³-hybridized carbons (Fsp3) is 0.545. The number of aromatic nitrogens is 2. The number of H-pyrrole nitrogens is 1. The van der Waals surface area contributed by atoms with Crippen molar-refractivity contribution in [1.29, 1.82) is 0 Å². The van der Waals surface area contributed by atoms with Crippen LogP contribution in [-0.2, 0) is 4.79 Å². The molecule has 1 aromatic heterocycles. The van der Waals surface area contributed by atoms with Gasteiger partial charge in [-0.3, -0.25) is 9.89 Å². The Morgan fingerprint density at radius 1 is 1.47 bits per heavy atom. The molecular formula is C11H15N3O3. The lowest BCUT2D eigenvalue weighted by atomic mass is 9.93. The van der Waals surface area contributed by atoms with Crippen LogP contribution in [0.5, 0.6) is 0 Å². The van der Waals surface area contributed by atoms with E-state index in [1.807, 2.05) is 4.90 Å². The Hall–Kier alpha value is -1.85. The lowest BCUT2D eigenvalue weighted by Gasteiger charge is -2.30. The van der Waals surface area contributed by atoms with Gasteiger partial charge in [-0.1, -0.05) is 0 Å². The smallest absolute Gasteiger partial charge is 0.356 e. The Balaban J connectivity index is 2.00. The van der Waals surface area contributed by atoms with Crippen molar-refractivity contribution in [2.75, 3.05) is 13.1 Å². The molecule has 0 unspecified atom stereocenters. The Morgan fingerprint density at radius 2 is 2.12 bits per heavy atom. The van der Waals surface area contributed by atoms with Crippen molar-refractivity contribution >= 4 is 11.9 Å². The second-order valence-corrected chi connectivity index (χ2v) is 4.29. The van der Waals surface area contributed by atoms with E-state index in [-0.39, 0.29) is 17.5 Å². The lowest BCUT2D eigenvalue weighted by molar-refractivity contribution is -0.129. The maximum Gasteiger partial charge on any atom is 0.356 e. The predicted molar refractivity (Wildman–Crippen MR) is 59.8 cm³/mol. The molecule has 2 heterocycles. The first-order chi connectivity index (χ1) is 8.08. The van der Waals surface area contributed by atoms with Crippen molar-refractivity contribution in [1.82, 2.24) is 15.1 Å². The van der Waals surface area contributed by atoms with Crippen LogP contribution in [0.25, 0.3) is 0 Å². The van der Waals surface area contributed by atoms with Crippen LogP contribution in [0.15, 0.2) is 6.07 Å². The molecule has 1 amide bonds. The van der Waals surface area contributed by atoms with Gasteiger partial charge < -0.3 is 10.0 Å². The van der Waals surface area contributed by atoms with E-state index in [4.69, 9.17) is 5.11 Å². The van der Waals surface area contributed by atoms with Crippen LogP contribution in [0.3, 0.4) is 0 Å². The van der Waals surface area contributed by atoms with Crippen LogP contribution in [0.2, 0.25) is 0 Å². The van der Waals surface area contributed by atoms with Crippen molar-refractivity contribution in [3.05, 3.63) is 17.5 Å². The maximum atomic E-state index is 11.2. The quantitative estimate of drug-likeness (QED) is 0.797. The second-order valence-electron chi connectivity index (χ2n) is 4.29. The molecule has 6 heteroatoms. The fourth-order valence-electron chi connectivity index (χ4n) is 2.16. The molecule has 1 aromatic rings. The summed E-state index contributed by atoms with van der Waals surface area (Å²) in [6, 6.07) is 1.58. The van der Waals surface area contributed by atoms with E-state index in [9.17, 15) is 9.59 Å². The molecule has 1 fully saturated rings. The molecule has 0 aliphatic carbocycles. The molecule has 92 valence electrons. The van der Waals surface area contributed by atoms with Gasteiger partial charge in [-0.2, -0.15) is 5.10 Å². The average Bonchev–Trinajstić information content (AvgIpc) is 2.78. The minimum absolute atomic E-state index is 0.0500. The molecule has 0 bridgehead atoms. The number of carboxylic acid groups (broad SMARTS) is 1. The van der Waals surface area contributed by atoms with E-state index in [1.165, 1.54) is 0 Å². The van der Waals surface area contributed by atoms with Crippen molar-refractivity contribution in [3.63, 3.8) is 0 Å². The minimum atomic E-state index is -1.02. The number of nitrogens with zero attached hydrogens (tertiary/aromatic N) is 2. The normalized spacial score (nSPS) is 17.1. The number of amides is 1. The highest BCUT2D eigenvalue weighted by molar-refractivity contribution is 5.85. The summed E-state index contributed by atoms with van der Waals surface area (Å²) >= 11 is 0. The first-order valence-corrected chi connectivity index (χ1v) is 5.62. The summed E-state index contributed by atoms with van der Waals surface area (Å²) in [5.41, 5.74) is 0.902. The topological polar surface area (TPSA) is 86.3 Å². The largest absolute Gasteiger partial charge is 0.476 e. The van der Waals surface area contributed by atoms with Crippen LogP contribution in [-0.4, -0.2) is 45.2 Å². The lowest BCUT2D eigenvalue weighted by Crippen LogP contribution is -2.36. The van der Waals surface area contributed by atoms with Crippen molar-refractivity contribution in [3.8, 4) is 0 Å². The van der Waals surface area contributed by atoms with Gasteiger partial charge in [0.2, 0.25) is 5.91 Å². The van der Waals surface area contributed by atoms with Gasteiger partial charge in [-0.25, -0.2) is 4.79 Å². The summed E-state index contributed by atoms with van der Waals surface area (Å²) in [5.74, 6) is -0.654. The molecule has 0 spiro atoms. The minimum Gasteiger partial charge on any atom is -0.476 e. The highest BCUT2D eigenvalue weighted by atomic mass is 16.4. The molecular weight excluding hydrogens is 222 g/mol. The third-order valence-corrected chi connectivity index (χ3v) is 3.20. The standard InChI is InChI=1S/C11H15N3O3/c1-7(15)14-4-2-8(3-5-14)9-6-10(11(16)17)13-12-9/h6,8H,2-5H2,1H3,(H,12,13)(H,16,17). The van der Waals surface area contributed by atoms with Crippen LogP contribution >= 0.6 is 0 Å². The van der Waals surface area contributed by atoms with Crippen LogP contribution in [0.4, 0.5) is 0 Å². The summed E-state index contributed by atoms with van der Waals surface area (Å²) in [4.78, 5) is 23.7. The Bertz CT molecular complexity index is 433. The van der Waals surface area contributed by atoms with Gasteiger partial charge in [0.25, 0.3) is 0 Å². The number of hydrogen-bond donors (Lipinski definition) is 2. The summed E-state index contributed by atoms with van der Waals surface area (Å²) in [6.07, 6.45) is 1.70. The number of hydrogen-bond acceptors (Lipinski definition) is 3. The molecule has 1 aliphatic rings. The Kier molecular flexibility index (Phi) is 3.12. The van der Waals surface area contributed by atoms with Gasteiger partial charge in [-0.05, 0) is 18.9 Å².